The Labute approximate surface area is 171 Å². The molecular weight excluding hydrogens is 366 g/mol. The number of hydrazine groups is 1. The van der Waals surface area contributed by atoms with Crippen LogP contribution in [0.1, 0.15) is 57.4 Å². The molecule has 0 aliphatic heterocycles. The van der Waals surface area contributed by atoms with Gasteiger partial charge in [0.25, 0.3) is 5.91 Å². The largest absolute Gasteiger partial charge is 0.322 e. The van der Waals surface area contributed by atoms with Crippen LogP contribution in [0.5, 0.6) is 0 Å². The Balaban J connectivity index is 1.36. The second-order valence-corrected chi connectivity index (χ2v) is 9.25. The van der Waals surface area contributed by atoms with Crippen molar-refractivity contribution in [1.82, 2.24) is 16.2 Å². The van der Waals surface area contributed by atoms with Crippen LogP contribution in [-0.4, -0.2) is 17.7 Å². The third kappa shape index (κ3) is 4.69. The fraction of sp³-hybridized carbons (Fsp3) is 0.522. The van der Waals surface area contributed by atoms with Crippen molar-refractivity contribution in [1.29, 1.82) is 0 Å². The number of carbonyl (C=O) groups excluding carboxylic acids is 3. The van der Waals surface area contributed by atoms with Crippen molar-refractivity contribution in [2.45, 2.75) is 51.9 Å². The van der Waals surface area contributed by atoms with E-state index in [1.54, 1.807) is 6.08 Å². The van der Waals surface area contributed by atoms with Crippen molar-refractivity contribution in [3.8, 4) is 0 Å². The second kappa shape index (κ2) is 8.01. The molecule has 0 atom stereocenters. The summed E-state index contributed by atoms with van der Waals surface area (Å²) in [4.78, 5) is 36.6. The third-order valence-electron chi connectivity index (χ3n) is 6.68. The average Bonchev–Trinajstić information content (AvgIpc) is 2.64. The van der Waals surface area contributed by atoms with Crippen LogP contribution in [0.4, 0.5) is 0 Å². The minimum absolute atomic E-state index is 0.0961. The fourth-order valence-corrected chi connectivity index (χ4v) is 6.15. The molecule has 0 saturated heterocycles. The van der Waals surface area contributed by atoms with Crippen LogP contribution in [0.3, 0.4) is 0 Å². The van der Waals surface area contributed by atoms with E-state index in [2.05, 4.69) is 16.2 Å². The number of rotatable bonds is 5. The van der Waals surface area contributed by atoms with Gasteiger partial charge in [-0.25, -0.2) is 0 Å². The van der Waals surface area contributed by atoms with E-state index in [-0.39, 0.29) is 22.9 Å². The predicted molar refractivity (Wildman–Crippen MR) is 110 cm³/mol. The van der Waals surface area contributed by atoms with E-state index in [0.717, 1.165) is 42.6 Å². The quantitative estimate of drug-likeness (QED) is 0.529. The molecule has 4 aliphatic rings. The van der Waals surface area contributed by atoms with Gasteiger partial charge < -0.3 is 5.32 Å². The summed E-state index contributed by atoms with van der Waals surface area (Å²) in [5.41, 5.74) is 6.03. The Morgan fingerprint density at radius 2 is 1.55 bits per heavy atom. The molecule has 4 aliphatic carbocycles. The molecule has 3 N–H and O–H groups in total. The zero-order chi connectivity index (χ0) is 20.4. The van der Waals surface area contributed by atoms with Gasteiger partial charge in [-0.1, -0.05) is 30.3 Å². The van der Waals surface area contributed by atoms with E-state index < -0.39 is 5.91 Å². The zero-order valence-corrected chi connectivity index (χ0v) is 16.9. The Kier molecular flexibility index (Phi) is 5.43. The van der Waals surface area contributed by atoms with Crippen LogP contribution in [0.25, 0.3) is 6.08 Å². The molecule has 5 rings (SSSR count). The van der Waals surface area contributed by atoms with Crippen LogP contribution in [0, 0.1) is 23.2 Å². The number of carbonyl (C=O) groups is 3. The van der Waals surface area contributed by atoms with E-state index in [9.17, 15) is 14.4 Å². The maximum atomic E-state index is 12.6. The van der Waals surface area contributed by atoms with Gasteiger partial charge in [0, 0.05) is 13.3 Å². The highest BCUT2D eigenvalue weighted by atomic mass is 16.2. The highest BCUT2D eigenvalue weighted by Gasteiger charge is 2.51. The van der Waals surface area contributed by atoms with Gasteiger partial charge in [-0.15, -0.1) is 0 Å². The number of nitrogens with one attached hydrogen (secondary N) is 3. The first-order chi connectivity index (χ1) is 13.9. The van der Waals surface area contributed by atoms with Crippen molar-refractivity contribution in [3.63, 3.8) is 0 Å². The van der Waals surface area contributed by atoms with Crippen molar-refractivity contribution in [3.05, 3.63) is 41.6 Å². The summed E-state index contributed by atoms with van der Waals surface area (Å²) in [6.45, 7) is 1.34. The first kappa shape index (κ1) is 19.7. The highest BCUT2D eigenvalue weighted by Crippen LogP contribution is 2.61. The maximum absolute atomic E-state index is 12.6. The lowest BCUT2D eigenvalue weighted by molar-refractivity contribution is -0.133. The normalized spacial score (nSPS) is 30.0. The fourth-order valence-electron chi connectivity index (χ4n) is 6.15. The standard InChI is InChI=1S/C23H29N3O3/c1-15(27)24-20(10-16-5-3-2-4-6-16)22(29)26-25-21(28)14-23-11-17-7-18(12-23)9-19(8-17)13-23/h2-6,10,17-19H,7-9,11-14H2,1H3,(H,24,27)(H,25,28)(H,26,29)/b20-10-. The minimum Gasteiger partial charge on any atom is -0.322 e. The van der Waals surface area contributed by atoms with Crippen LogP contribution in [-0.2, 0) is 14.4 Å². The van der Waals surface area contributed by atoms with E-state index in [1.807, 2.05) is 30.3 Å². The molecule has 0 heterocycles. The maximum Gasteiger partial charge on any atom is 0.286 e. The van der Waals surface area contributed by atoms with Crippen LogP contribution in [0.15, 0.2) is 36.0 Å². The lowest BCUT2D eigenvalue weighted by atomic mass is 9.49. The summed E-state index contributed by atoms with van der Waals surface area (Å²) in [7, 11) is 0. The van der Waals surface area contributed by atoms with Gasteiger partial charge in [0.1, 0.15) is 5.70 Å². The molecular formula is C23H29N3O3. The monoisotopic (exact) mass is 395 g/mol. The molecule has 0 radical (unpaired) electrons. The van der Waals surface area contributed by atoms with Gasteiger partial charge in [0.05, 0.1) is 0 Å². The third-order valence-corrected chi connectivity index (χ3v) is 6.68. The molecule has 6 nitrogen and oxygen atoms in total. The molecule has 4 fully saturated rings. The molecule has 154 valence electrons. The predicted octanol–water partition coefficient (Wildman–Crippen LogP) is 2.92. The summed E-state index contributed by atoms with van der Waals surface area (Å²) < 4.78 is 0. The topological polar surface area (TPSA) is 87.3 Å². The van der Waals surface area contributed by atoms with Crippen LogP contribution in [0.2, 0.25) is 0 Å². The second-order valence-electron chi connectivity index (χ2n) is 9.25. The molecule has 29 heavy (non-hydrogen) atoms. The van der Waals surface area contributed by atoms with Crippen molar-refractivity contribution in [2.75, 3.05) is 0 Å². The lowest BCUT2D eigenvalue weighted by Gasteiger charge is -2.56. The van der Waals surface area contributed by atoms with Gasteiger partial charge in [-0.2, -0.15) is 0 Å². The van der Waals surface area contributed by atoms with E-state index in [1.165, 1.54) is 26.2 Å². The Bertz CT molecular complexity index is 796. The number of hydrogen-bond acceptors (Lipinski definition) is 3. The summed E-state index contributed by atoms with van der Waals surface area (Å²) in [6.07, 6.45) is 9.49. The molecule has 3 amide bonds. The zero-order valence-electron chi connectivity index (χ0n) is 16.9. The summed E-state index contributed by atoms with van der Waals surface area (Å²) in [5, 5.41) is 2.54. The molecule has 0 unspecified atom stereocenters. The molecule has 6 heteroatoms. The smallest absolute Gasteiger partial charge is 0.286 e. The van der Waals surface area contributed by atoms with Gasteiger partial charge in [0.2, 0.25) is 11.8 Å². The van der Waals surface area contributed by atoms with Crippen molar-refractivity contribution in [2.24, 2.45) is 23.2 Å². The molecule has 1 aromatic rings. The highest BCUT2D eigenvalue weighted by molar-refractivity contribution is 6.01. The van der Waals surface area contributed by atoms with Gasteiger partial charge in [-0.05, 0) is 73.3 Å². The molecule has 0 aromatic heterocycles. The van der Waals surface area contributed by atoms with E-state index in [0.29, 0.717) is 6.42 Å². The number of benzene rings is 1. The SMILES string of the molecule is CC(=O)N/C(=C\c1ccccc1)C(=O)NNC(=O)CC12CC3CC(CC(C3)C1)C2. The minimum atomic E-state index is -0.539. The van der Waals surface area contributed by atoms with Crippen LogP contribution < -0.4 is 16.2 Å². The van der Waals surface area contributed by atoms with Crippen molar-refractivity contribution >= 4 is 23.8 Å². The summed E-state index contributed by atoms with van der Waals surface area (Å²) in [6, 6.07) is 9.24. The summed E-state index contributed by atoms with van der Waals surface area (Å²) >= 11 is 0. The number of amides is 3. The van der Waals surface area contributed by atoms with Gasteiger partial charge in [-0.3, -0.25) is 25.2 Å². The molecule has 4 bridgehead atoms. The Hall–Kier alpha value is -2.63. The Morgan fingerprint density at radius 1 is 0.966 bits per heavy atom. The number of hydrogen-bond donors (Lipinski definition) is 3. The molecule has 1 aromatic carbocycles. The first-order valence-electron chi connectivity index (χ1n) is 10.5. The summed E-state index contributed by atoms with van der Waals surface area (Å²) in [5.74, 6) is 1.31. The van der Waals surface area contributed by atoms with E-state index >= 15 is 0 Å². The molecule has 0 spiro atoms. The first-order valence-corrected chi connectivity index (χ1v) is 10.5. The van der Waals surface area contributed by atoms with Crippen LogP contribution >= 0.6 is 0 Å². The average molecular weight is 396 g/mol. The molecule has 4 saturated carbocycles. The van der Waals surface area contributed by atoms with Gasteiger partial charge in [0.15, 0.2) is 0 Å². The van der Waals surface area contributed by atoms with E-state index in [4.69, 9.17) is 0 Å². The van der Waals surface area contributed by atoms with Crippen molar-refractivity contribution < 1.29 is 14.4 Å². The lowest BCUT2D eigenvalue weighted by Crippen LogP contribution is -2.50. The van der Waals surface area contributed by atoms with Gasteiger partial charge >= 0.3 is 0 Å². The Morgan fingerprint density at radius 3 is 2.10 bits per heavy atom.